The molecule has 0 bridgehead atoms. The maximum Gasteiger partial charge on any atom is 0.337 e. The Morgan fingerprint density at radius 3 is 2.21 bits per heavy atom. The summed E-state index contributed by atoms with van der Waals surface area (Å²) in [6.45, 7) is 1.50. The number of carboxylic acid groups (broad SMARTS) is 2. The maximum atomic E-state index is 10.8. The molecule has 0 aliphatic carbocycles. The molecule has 0 amide bonds. The van der Waals surface area contributed by atoms with Crippen LogP contribution in [0.15, 0.2) is 12.1 Å². The number of carbonyl (C=O) groups is 2. The zero-order valence-corrected chi connectivity index (χ0v) is 9.40. The Morgan fingerprint density at radius 1 is 1.21 bits per heavy atom. The standard InChI is InChI=1S/C9H7IO4/c1-4-5(8(11)12)2-3-6(10)7(4)9(13)14/h2-3H,1H3,(H,11,12)(H,13,14). The molecule has 4 nitrogen and oxygen atoms in total. The number of hydrogen-bond acceptors (Lipinski definition) is 2. The number of aromatic carboxylic acids is 2. The number of carboxylic acids is 2. The van der Waals surface area contributed by atoms with Gasteiger partial charge in [-0.2, -0.15) is 0 Å². The van der Waals surface area contributed by atoms with Gasteiger partial charge in [-0.15, -0.1) is 0 Å². The van der Waals surface area contributed by atoms with Crippen molar-refractivity contribution >= 4 is 34.5 Å². The van der Waals surface area contributed by atoms with Crippen LogP contribution in [0.3, 0.4) is 0 Å². The van der Waals surface area contributed by atoms with Crippen molar-refractivity contribution in [1.82, 2.24) is 0 Å². The highest BCUT2D eigenvalue weighted by Gasteiger charge is 2.17. The van der Waals surface area contributed by atoms with Crippen molar-refractivity contribution in [2.45, 2.75) is 6.92 Å². The Balaban J connectivity index is 3.49. The fraction of sp³-hybridized carbons (Fsp3) is 0.111. The summed E-state index contributed by atoms with van der Waals surface area (Å²) in [5, 5.41) is 17.6. The number of rotatable bonds is 2. The van der Waals surface area contributed by atoms with Crippen LogP contribution in [0.2, 0.25) is 0 Å². The lowest BCUT2D eigenvalue weighted by Gasteiger charge is -2.06. The third-order valence-corrected chi connectivity index (χ3v) is 2.76. The lowest BCUT2D eigenvalue weighted by Crippen LogP contribution is -2.09. The van der Waals surface area contributed by atoms with Gasteiger partial charge in [0.2, 0.25) is 0 Å². The predicted octanol–water partition coefficient (Wildman–Crippen LogP) is 2.00. The van der Waals surface area contributed by atoms with Gasteiger partial charge < -0.3 is 10.2 Å². The summed E-state index contributed by atoms with van der Waals surface area (Å²) in [5.41, 5.74) is 0.380. The molecule has 2 N–H and O–H groups in total. The van der Waals surface area contributed by atoms with Gasteiger partial charge >= 0.3 is 11.9 Å². The van der Waals surface area contributed by atoms with Crippen LogP contribution in [0.1, 0.15) is 26.3 Å². The van der Waals surface area contributed by atoms with Crippen molar-refractivity contribution in [2.75, 3.05) is 0 Å². The number of hydrogen-bond donors (Lipinski definition) is 2. The van der Waals surface area contributed by atoms with Gasteiger partial charge in [0.1, 0.15) is 0 Å². The van der Waals surface area contributed by atoms with Crippen LogP contribution in [-0.2, 0) is 0 Å². The van der Waals surface area contributed by atoms with Crippen molar-refractivity contribution in [1.29, 1.82) is 0 Å². The molecule has 0 aromatic heterocycles. The van der Waals surface area contributed by atoms with E-state index in [2.05, 4.69) is 0 Å². The van der Waals surface area contributed by atoms with E-state index >= 15 is 0 Å². The first-order chi connectivity index (χ1) is 6.45. The van der Waals surface area contributed by atoms with Crippen LogP contribution < -0.4 is 0 Å². The van der Waals surface area contributed by atoms with Crippen molar-refractivity contribution in [3.05, 3.63) is 32.4 Å². The smallest absolute Gasteiger partial charge is 0.337 e. The van der Waals surface area contributed by atoms with E-state index in [1.165, 1.54) is 19.1 Å². The predicted molar refractivity (Wildman–Crippen MR) is 57.8 cm³/mol. The third kappa shape index (κ3) is 1.87. The molecule has 0 radical (unpaired) electrons. The van der Waals surface area contributed by atoms with E-state index in [1.54, 1.807) is 0 Å². The molecule has 0 fully saturated rings. The Labute approximate surface area is 93.7 Å². The summed E-state index contributed by atoms with van der Waals surface area (Å²) in [4.78, 5) is 21.5. The molecule has 1 aromatic rings. The van der Waals surface area contributed by atoms with Crippen molar-refractivity contribution < 1.29 is 19.8 Å². The second-order valence-corrected chi connectivity index (χ2v) is 3.87. The van der Waals surface area contributed by atoms with Gasteiger partial charge in [-0.1, -0.05) is 0 Å². The van der Waals surface area contributed by atoms with Gasteiger partial charge in [-0.25, -0.2) is 9.59 Å². The summed E-state index contributed by atoms with van der Waals surface area (Å²) >= 11 is 1.87. The Kier molecular flexibility index (Phi) is 3.10. The van der Waals surface area contributed by atoms with E-state index in [4.69, 9.17) is 10.2 Å². The minimum Gasteiger partial charge on any atom is -0.478 e. The molecule has 0 saturated carbocycles. The number of benzene rings is 1. The lowest BCUT2D eigenvalue weighted by molar-refractivity contribution is 0.0695. The fourth-order valence-corrected chi connectivity index (χ4v) is 1.99. The molecule has 0 spiro atoms. The van der Waals surface area contributed by atoms with Gasteiger partial charge in [-0.3, -0.25) is 0 Å². The molecule has 1 rings (SSSR count). The van der Waals surface area contributed by atoms with E-state index in [0.29, 0.717) is 3.57 Å². The molecule has 0 heterocycles. The van der Waals surface area contributed by atoms with Gasteiger partial charge in [0.25, 0.3) is 0 Å². The molecule has 0 saturated heterocycles. The largest absolute Gasteiger partial charge is 0.478 e. The van der Waals surface area contributed by atoms with Crippen LogP contribution in [0.25, 0.3) is 0 Å². The van der Waals surface area contributed by atoms with Crippen molar-refractivity contribution in [3.63, 3.8) is 0 Å². The molecule has 0 atom stereocenters. The van der Waals surface area contributed by atoms with E-state index in [9.17, 15) is 9.59 Å². The zero-order valence-electron chi connectivity index (χ0n) is 7.24. The molecule has 1 aromatic carbocycles. The van der Waals surface area contributed by atoms with Crippen molar-refractivity contribution in [3.8, 4) is 0 Å². The monoisotopic (exact) mass is 306 g/mol. The van der Waals surface area contributed by atoms with E-state index < -0.39 is 11.9 Å². The molecule has 5 heteroatoms. The first-order valence-corrected chi connectivity index (χ1v) is 4.78. The molecular formula is C9H7IO4. The maximum absolute atomic E-state index is 10.8. The topological polar surface area (TPSA) is 74.6 Å². The quantitative estimate of drug-likeness (QED) is 0.820. The van der Waals surface area contributed by atoms with Gasteiger partial charge in [0.15, 0.2) is 0 Å². The Morgan fingerprint density at radius 2 is 1.79 bits per heavy atom. The summed E-state index contributed by atoms with van der Waals surface area (Å²) in [7, 11) is 0. The molecule has 74 valence electrons. The van der Waals surface area contributed by atoms with Crippen LogP contribution in [0, 0.1) is 10.5 Å². The second-order valence-electron chi connectivity index (χ2n) is 2.71. The summed E-state index contributed by atoms with van der Waals surface area (Å²) in [6, 6.07) is 2.90. The molecule has 14 heavy (non-hydrogen) atoms. The van der Waals surface area contributed by atoms with Crippen LogP contribution in [0.5, 0.6) is 0 Å². The molecule has 0 aliphatic rings. The normalized spacial score (nSPS) is 9.86. The SMILES string of the molecule is Cc1c(C(=O)O)ccc(I)c1C(=O)O. The third-order valence-electron chi connectivity index (χ3n) is 1.86. The first kappa shape index (κ1) is 11.0. The van der Waals surface area contributed by atoms with Gasteiger partial charge in [0.05, 0.1) is 11.1 Å². The van der Waals surface area contributed by atoms with E-state index in [0.717, 1.165) is 0 Å². The highest BCUT2D eigenvalue weighted by atomic mass is 127. The average molecular weight is 306 g/mol. The number of halogens is 1. The minimum absolute atomic E-state index is 0.0304. The summed E-state index contributed by atoms with van der Waals surface area (Å²) in [5.74, 6) is -2.21. The first-order valence-electron chi connectivity index (χ1n) is 3.71. The van der Waals surface area contributed by atoms with E-state index in [-0.39, 0.29) is 16.7 Å². The van der Waals surface area contributed by atoms with Crippen LogP contribution in [0.4, 0.5) is 0 Å². The fourth-order valence-electron chi connectivity index (χ4n) is 1.17. The highest BCUT2D eigenvalue weighted by Crippen LogP contribution is 2.20. The summed E-state index contributed by atoms with van der Waals surface area (Å²) in [6.07, 6.45) is 0. The van der Waals surface area contributed by atoms with Gasteiger partial charge in [0, 0.05) is 3.57 Å². The molecule has 0 aliphatic heterocycles. The Hall–Kier alpha value is -1.11. The second kappa shape index (κ2) is 3.95. The van der Waals surface area contributed by atoms with E-state index in [1.807, 2.05) is 22.6 Å². The lowest BCUT2D eigenvalue weighted by atomic mass is 10.0. The van der Waals surface area contributed by atoms with Gasteiger partial charge in [-0.05, 0) is 47.2 Å². The van der Waals surface area contributed by atoms with Crippen molar-refractivity contribution in [2.24, 2.45) is 0 Å². The molecule has 0 unspecified atom stereocenters. The average Bonchev–Trinajstić information content (AvgIpc) is 2.02. The summed E-state index contributed by atoms with van der Waals surface area (Å²) < 4.78 is 0.539. The molecular weight excluding hydrogens is 299 g/mol. The van der Waals surface area contributed by atoms with Crippen LogP contribution >= 0.6 is 22.6 Å². The highest BCUT2D eigenvalue weighted by molar-refractivity contribution is 14.1. The minimum atomic E-state index is -1.11. The van der Waals surface area contributed by atoms with Crippen LogP contribution in [-0.4, -0.2) is 22.2 Å². The zero-order chi connectivity index (χ0) is 10.9. The Bertz CT molecular complexity index is 412.